The Balaban J connectivity index is 0. The summed E-state index contributed by atoms with van der Waals surface area (Å²) in [6.45, 7) is 0. The van der Waals surface area contributed by atoms with Crippen LogP contribution in [0.1, 0.15) is 24.0 Å². The van der Waals surface area contributed by atoms with E-state index < -0.39 is 0 Å². The molecule has 0 spiro atoms. The maximum Gasteiger partial charge on any atom is 4.00 e. The van der Waals surface area contributed by atoms with Crippen molar-refractivity contribution in [1.29, 1.82) is 0 Å². The van der Waals surface area contributed by atoms with Crippen LogP contribution < -0.4 is 49.6 Å². The Morgan fingerprint density at radius 2 is 1.22 bits per heavy atom. The number of fused-ring (bicyclic) bond motifs is 5. The Kier molecular flexibility index (Phi) is 11.9. The van der Waals surface area contributed by atoms with Crippen molar-refractivity contribution in [2.75, 3.05) is 0 Å². The Morgan fingerprint density at radius 3 is 2.00 bits per heavy atom. The van der Waals surface area contributed by atoms with E-state index >= 15 is 0 Å². The first-order valence-electron chi connectivity index (χ1n) is 6.86. The van der Waals surface area contributed by atoms with Gasteiger partial charge in [-0.05, 0) is 58.4 Å². The van der Waals surface area contributed by atoms with E-state index in [0.29, 0.717) is 0 Å². The first-order valence-corrected chi connectivity index (χ1v) is 6.86. The summed E-state index contributed by atoms with van der Waals surface area (Å²) in [4.78, 5) is 0. The number of halogens is 4. The molecule has 0 aliphatic heterocycles. The second-order valence-electron chi connectivity index (χ2n) is 5.29. The average Bonchev–Trinajstić information content (AvgIpc) is 2.46. The summed E-state index contributed by atoms with van der Waals surface area (Å²) in [5, 5.41) is 5.64. The number of aryl methyl sites for hydroxylation is 2. The zero-order valence-corrected chi connectivity index (χ0v) is 17.0. The molecule has 0 bridgehead atoms. The quantitative estimate of drug-likeness (QED) is 0.250. The van der Waals surface area contributed by atoms with Gasteiger partial charge in [-0.3, -0.25) is 0 Å². The zero-order chi connectivity index (χ0) is 11.9. The van der Waals surface area contributed by atoms with E-state index in [1.807, 2.05) is 0 Å². The molecule has 0 nitrogen and oxygen atoms in total. The van der Waals surface area contributed by atoms with Crippen LogP contribution in [0.15, 0.2) is 48.5 Å². The van der Waals surface area contributed by atoms with E-state index in [-0.39, 0.29) is 71.3 Å². The Bertz CT molecular complexity index is 758. The van der Waals surface area contributed by atoms with Gasteiger partial charge in [0.1, 0.15) is 0 Å². The molecule has 1 aliphatic carbocycles. The van der Waals surface area contributed by atoms with Gasteiger partial charge in [0, 0.05) is 0 Å². The third-order valence-electron chi connectivity index (χ3n) is 4.26. The summed E-state index contributed by atoms with van der Waals surface area (Å²) >= 11 is 0. The van der Waals surface area contributed by atoms with Gasteiger partial charge in [-0.2, -0.15) is 0 Å². The number of benzene rings is 3. The first-order chi connectivity index (χ1) is 8.93. The van der Waals surface area contributed by atoms with Gasteiger partial charge in [-0.1, -0.05) is 48.5 Å². The number of rotatable bonds is 0. The van der Waals surface area contributed by atoms with Gasteiger partial charge in [0.05, 0.1) is 0 Å². The summed E-state index contributed by atoms with van der Waals surface area (Å²) in [7, 11) is 0. The minimum atomic E-state index is 0. The minimum absolute atomic E-state index is 0. The Morgan fingerprint density at radius 1 is 0.565 bits per heavy atom. The average molecular weight is 422 g/mol. The third kappa shape index (κ3) is 4.57. The second-order valence-corrected chi connectivity index (χ2v) is 5.29. The molecule has 0 radical (unpaired) electrons. The van der Waals surface area contributed by atoms with E-state index in [9.17, 15) is 0 Å². The summed E-state index contributed by atoms with van der Waals surface area (Å²) in [6, 6.07) is 18.0. The maximum atomic E-state index is 2.35. The molecule has 0 fully saturated rings. The van der Waals surface area contributed by atoms with E-state index in [0.717, 1.165) is 0 Å². The smallest absolute Gasteiger partial charge is 1.00 e. The van der Waals surface area contributed by atoms with Crippen molar-refractivity contribution in [1.82, 2.24) is 0 Å². The molecule has 120 valence electrons. The van der Waals surface area contributed by atoms with Crippen molar-refractivity contribution in [3.63, 3.8) is 0 Å². The molecule has 1 aliphatic rings. The fraction of sp³-hybridized carbons (Fsp3) is 0.222. The van der Waals surface area contributed by atoms with Crippen molar-refractivity contribution >= 4 is 21.5 Å². The summed E-state index contributed by atoms with van der Waals surface area (Å²) in [5.74, 6) is 0. The molecule has 0 saturated carbocycles. The molecule has 3 aromatic rings. The third-order valence-corrected chi connectivity index (χ3v) is 4.26. The largest absolute Gasteiger partial charge is 4.00 e. The van der Waals surface area contributed by atoms with Crippen LogP contribution in [0, 0.1) is 0 Å². The van der Waals surface area contributed by atoms with E-state index in [4.69, 9.17) is 0 Å². The molecule has 0 atom stereocenters. The Labute approximate surface area is 177 Å². The van der Waals surface area contributed by atoms with E-state index in [1.54, 1.807) is 11.1 Å². The number of hydrogen-bond donors (Lipinski definition) is 0. The van der Waals surface area contributed by atoms with Gasteiger partial charge >= 0.3 is 21.7 Å². The van der Waals surface area contributed by atoms with Crippen LogP contribution in [0.5, 0.6) is 0 Å². The van der Waals surface area contributed by atoms with Crippen LogP contribution in [0.25, 0.3) is 21.5 Å². The maximum absolute atomic E-state index is 2.35. The molecule has 0 aromatic heterocycles. The van der Waals surface area contributed by atoms with Crippen LogP contribution >= 0.6 is 0 Å². The molecule has 3 aromatic carbocycles. The molecule has 23 heavy (non-hydrogen) atoms. The van der Waals surface area contributed by atoms with Crippen molar-refractivity contribution < 1.29 is 71.3 Å². The van der Waals surface area contributed by atoms with Crippen LogP contribution in [-0.2, 0) is 34.6 Å². The van der Waals surface area contributed by atoms with Gasteiger partial charge in [0.15, 0.2) is 0 Å². The molecular formula is C18H16Cl4Ti. The van der Waals surface area contributed by atoms with Gasteiger partial charge < -0.3 is 49.6 Å². The predicted octanol–water partition coefficient (Wildman–Crippen LogP) is -7.11. The van der Waals surface area contributed by atoms with Gasteiger partial charge in [-0.15, -0.1) is 0 Å². The molecule has 0 heterocycles. The minimum Gasteiger partial charge on any atom is -1.00 e. The standard InChI is InChI=1S/C18H16.4ClH.Ti/c1-3-7-15-13(5-1)9-11-18-16-8-4-2-6-14(16)10-12-17(15)18;;;;;/h1,3,5,7,9-12H,2,4,6,8H2;4*1H;/q;;;;;+4/p-4. The van der Waals surface area contributed by atoms with E-state index in [2.05, 4.69) is 48.5 Å². The normalized spacial score (nSPS) is 11.7. The molecule has 5 heteroatoms. The summed E-state index contributed by atoms with van der Waals surface area (Å²) in [5.41, 5.74) is 3.17. The SMILES string of the molecule is [Cl-].[Cl-].[Cl-].[Cl-].[Ti+4].c1ccc2c(c1)ccc1c3c(ccc12)CCCC3. The molecular weight excluding hydrogens is 406 g/mol. The zero-order valence-electron chi connectivity index (χ0n) is 12.5. The molecule has 4 rings (SSSR count). The van der Waals surface area contributed by atoms with Crippen LogP contribution in [0.3, 0.4) is 0 Å². The second kappa shape index (κ2) is 10.8. The van der Waals surface area contributed by atoms with Crippen molar-refractivity contribution in [2.45, 2.75) is 25.7 Å². The predicted molar refractivity (Wildman–Crippen MR) is 78.1 cm³/mol. The number of hydrogen-bond acceptors (Lipinski definition) is 0. The van der Waals surface area contributed by atoms with Crippen LogP contribution in [0.4, 0.5) is 0 Å². The molecule has 0 amide bonds. The van der Waals surface area contributed by atoms with Gasteiger partial charge in [0.25, 0.3) is 0 Å². The van der Waals surface area contributed by atoms with Crippen molar-refractivity contribution in [3.8, 4) is 0 Å². The fourth-order valence-electron chi connectivity index (χ4n) is 3.34. The van der Waals surface area contributed by atoms with E-state index in [1.165, 1.54) is 47.2 Å². The van der Waals surface area contributed by atoms with Crippen LogP contribution in [-0.4, -0.2) is 0 Å². The summed E-state index contributed by atoms with van der Waals surface area (Å²) < 4.78 is 0. The molecule has 0 unspecified atom stereocenters. The fourth-order valence-corrected chi connectivity index (χ4v) is 3.34. The monoisotopic (exact) mass is 420 g/mol. The molecule has 0 saturated heterocycles. The van der Waals surface area contributed by atoms with Crippen molar-refractivity contribution in [3.05, 3.63) is 59.7 Å². The van der Waals surface area contributed by atoms with Gasteiger partial charge in [0.2, 0.25) is 0 Å². The topological polar surface area (TPSA) is 0 Å². The van der Waals surface area contributed by atoms with Crippen molar-refractivity contribution in [2.24, 2.45) is 0 Å². The molecule has 0 N–H and O–H groups in total. The van der Waals surface area contributed by atoms with Gasteiger partial charge in [-0.25, -0.2) is 0 Å². The first kappa shape index (κ1) is 25.3. The summed E-state index contributed by atoms with van der Waals surface area (Å²) in [6.07, 6.45) is 5.22. The Hall–Kier alpha value is 0.0543. The van der Waals surface area contributed by atoms with Crippen LogP contribution in [0.2, 0.25) is 0 Å².